The minimum absolute atomic E-state index is 0.0630. The van der Waals surface area contributed by atoms with Crippen LogP contribution in [0.3, 0.4) is 0 Å². The number of hydrogen-bond acceptors (Lipinski definition) is 3. The Morgan fingerprint density at radius 1 is 1.30 bits per heavy atom. The predicted molar refractivity (Wildman–Crippen MR) is 104 cm³/mol. The number of aromatic nitrogens is 1. The highest BCUT2D eigenvalue weighted by molar-refractivity contribution is 6.03. The summed E-state index contributed by atoms with van der Waals surface area (Å²) in [5, 5.41) is 2.24. The number of anilines is 1. The third-order valence-electron chi connectivity index (χ3n) is 3.46. The molecule has 1 aromatic rings. The van der Waals surface area contributed by atoms with Gasteiger partial charge >= 0.3 is 0 Å². The van der Waals surface area contributed by atoms with Crippen LogP contribution in [0.5, 0.6) is 0 Å². The summed E-state index contributed by atoms with van der Waals surface area (Å²) in [6.45, 7) is 15.4. The Morgan fingerprint density at radius 2 is 1.85 bits per heavy atom. The molecule has 146 valence electrons. The van der Waals surface area contributed by atoms with Gasteiger partial charge in [-0.1, -0.05) is 12.7 Å². The Bertz CT molecular complexity index is 824. The number of aryl methyl sites for hydroxylation is 1. The summed E-state index contributed by atoms with van der Waals surface area (Å²) in [6, 6.07) is 0. The zero-order valence-electron chi connectivity index (χ0n) is 15.9. The Hall–Kier alpha value is -3.09. The second kappa shape index (κ2) is 10.8. The van der Waals surface area contributed by atoms with E-state index in [0.29, 0.717) is 11.8 Å². The molecule has 0 unspecified atom stereocenters. The van der Waals surface area contributed by atoms with Crippen LogP contribution in [0.1, 0.15) is 25.1 Å². The molecule has 1 amide bonds. The summed E-state index contributed by atoms with van der Waals surface area (Å²) in [7, 11) is 0. The van der Waals surface area contributed by atoms with Crippen molar-refractivity contribution in [2.45, 2.75) is 27.7 Å². The minimum atomic E-state index is -1.26. The molecule has 0 bridgehead atoms. The van der Waals surface area contributed by atoms with Crippen LogP contribution in [0.4, 0.5) is 18.9 Å². The van der Waals surface area contributed by atoms with E-state index in [2.05, 4.69) is 30.0 Å². The number of nitrogens with one attached hydrogen (secondary N) is 1. The highest BCUT2D eigenvalue weighted by atomic mass is 19.1. The van der Waals surface area contributed by atoms with Gasteiger partial charge in [0.15, 0.2) is 11.7 Å². The second-order valence-electron chi connectivity index (χ2n) is 5.39. The smallest absolute Gasteiger partial charge is 0.284 e. The van der Waals surface area contributed by atoms with Gasteiger partial charge in [0.1, 0.15) is 5.82 Å². The molecule has 0 saturated carbocycles. The molecule has 0 saturated heterocycles. The zero-order chi connectivity index (χ0) is 21.3. The van der Waals surface area contributed by atoms with Gasteiger partial charge in [0.2, 0.25) is 0 Å². The van der Waals surface area contributed by atoms with E-state index in [4.69, 9.17) is 5.73 Å². The molecule has 0 spiro atoms. The lowest BCUT2D eigenvalue weighted by Gasteiger charge is -2.11. The number of amides is 1. The average Bonchev–Trinajstić information content (AvgIpc) is 2.66. The third kappa shape index (κ3) is 6.29. The predicted octanol–water partition coefficient (Wildman–Crippen LogP) is 5.09. The number of nitrogens with two attached hydrogens (primary N) is 1. The van der Waals surface area contributed by atoms with Crippen molar-refractivity contribution < 1.29 is 18.0 Å². The van der Waals surface area contributed by atoms with Crippen molar-refractivity contribution in [3.63, 3.8) is 0 Å². The first-order valence-electron chi connectivity index (χ1n) is 7.88. The molecular formula is C20H24F3N3O. The Kier molecular flexibility index (Phi) is 9.56. The summed E-state index contributed by atoms with van der Waals surface area (Å²) in [4.78, 5) is 15.7. The molecular weight excluding hydrogens is 355 g/mol. The van der Waals surface area contributed by atoms with E-state index in [9.17, 15) is 18.0 Å². The highest BCUT2D eigenvalue weighted by Gasteiger charge is 2.17. The van der Waals surface area contributed by atoms with Crippen LogP contribution in [-0.2, 0) is 4.79 Å². The van der Waals surface area contributed by atoms with Crippen molar-refractivity contribution in [2.75, 3.05) is 5.32 Å². The van der Waals surface area contributed by atoms with Gasteiger partial charge in [-0.3, -0.25) is 9.78 Å². The standard InChI is InChI=1S/C18H20F3N3O.C2H4/c1-6-12(15(21)16(22)9(2)3)7-13(19)18(25)24-17-10(4)14(20)8-23-11(17)5;1-2/h6-8H,2,22H2,1,3-5H3,(H,24,25);1-2H2/b12-6-,13-7-,16-15-;. The average molecular weight is 379 g/mol. The van der Waals surface area contributed by atoms with Crippen LogP contribution in [0, 0.1) is 19.7 Å². The lowest BCUT2D eigenvalue weighted by Crippen LogP contribution is -2.15. The molecule has 7 heteroatoms. The molecule has 1 rings (SSSR count). The van der Waals surface area contributed by atoms with E-state index in [0.717, 1.165) is 6.20 Å². The van der Waals surface area contributed by atoms with Gasteiger partial charge in [-0.15, -0.1) is 13.2 Å². The second-order valence-corrected chi connectivity index (χ2v) is 5.39. The molecule has 0 aliphatic carbocycles. The maximum Gasteiger partial charge on any atom is 0.284 e. The highest BCUT2D eigenvalue weighted by Crippen LogP contribution is 2.23. The first kappa shape index (κ1) is 23.9. The largest absolute Gasteiger partial charge is 0.396 e. The Labute approximate surface area is 157 Å². The van der Waals surface area contributed by atoms with E-state index in [1.54, 1.807) is 0 Å². The van der Waals surface area contributed by atoms with E-state index in [1.807, 2.05) is 0 Å². The van der Waals surface area contributed by atoms with E-state index in [-0.39, 0.29) is 28.1 Å². The van der Waals surface area contributed by atoms with Crippen molar-refractivity contribution in [3.8, 4) is 0 Å². The van der Waals surface area contributed by atoms with Gasteiger partial charge in [0.05, 0.1) is 23.3 Å². The topological polar surface area (TPSA) is 68.0 Å². The van der Waals surface area contributed by atoms with Crippen LogP contribution in [-0.4, -0.2) is 10.9 Å². The van der Waals surface area contributed by atoms with E-state index >= 15 is 0 Å². The van der Waals surface area contributed by atoms with Gasteiger partial charge in [-0.05, 0) is 39.3 Å². The first-order valence-corrected chi connectivity index (χ1v) is 7.88. The first-order chi connectivity index (χ1) is 12.6. The number of hydrogen-bond donors (Lipinski definition) is 2. The monoisotopic (exact) mass is 379 g/mol. The molecule has 0 fully saturated rings. The molecule has 0 aliphatic heterocycles. The zero-order valence-corrected chi connectivity index (χ0v) is 15.9. The molecule has 1 heterocycles. The van der Waals surface area contributed by atoms with E-state index < -0.39 is 23.4 Å². The lowest BCUT2D eigenvalue weighted by atomic mass is 10.1. The van der Waals surface area contributed by atoms with Crippen LogP contribution in [0.25, 0.3) is 0 Å². The van der Waals surface area contributed by atoms with Crippen molar-refractivity contribution in [1.82, 2.24) is 4.98 Å². The number of halogens is 3. The fraction of sp³-hybridized carbons (Fsp3) is 0.200. The normalized spacial score (nSPS) is 12.6. The van der Waals surface area contributed by atoms with Gasteiger partial charge < -0.3 is 11.1 Å². The summed E-state index contributed by atoms with van der Waals surface area (Å²) in [5.41, 5.74) is 5.86. The van der Waals surface area contributed by atoms with Crippen molar-refractivity contribution in [3.05, 3.63) is 83.7 Å². The summed E-state index contributed by atoms with van der Waals surface area (Å²) in [6.07, 6.45) is 2.97. The number of carbonyl (C=O) groups excluding carboxylic acids is 1. The number of allylic oxidation sites excluding steroid dienone is 5. The lowest BCUT2D eigenvalue weighted by molar-refractivity contribution is -0.114. The van der Waals surface area contributed by atoms with Crippen molar-refractivity contribution >= 4 is 11.6 Å². The van der Waals surface area contributed by atoms with Gasteiger partial charge in [-0.2, -0.15) is 0 Å². The van der Waals surface area contributed by atoms with Crippen molar-refractivity contribution in [1.29, 1.82) is 0 Å². The van der Waals surface area contributed by atoms with Crippen LogP contribution in [0.2, 0.25) is 0 Å². The number of nitrogens with zero attached hydrogens (tertiary/aromatic N) is 1. The maximum absolute atomic E-state index is 14.2. The molecule has 4 nitrogen and oxygen atoms in total. The minimum Gasteiger partial charge on any atom is -0.396 e. The molecule has 1 aromatic heterocycles. The SMILES string of the molecule is C=C.C=C(C)\C(N)=C(F)/C(/C=C(\F)C(=O)Nc1c(C)ncc(F)c1C)=C\C. The molecule has 0 aromatic carbocycles. The van der Waals surface area contributed by atoms with Crippen LogP contribution >= 0.6 is 0 Å². The number of carbonyl (C=O) groups is 1. The third-order valence-corrected chi connectivity index (χ3v) is 3.46. The maximum atomic E-state index is 14.2. The number of pyridine rings is 1. The van der Waals surface area contributed by atoms with Crippen LogP contribution in [0.15, 0.2) is 66.6 Å². The van der Waals surface area contributed by atoms with Gasteiger partial charge in [0, 0.05) is 11.1 Å². The molecule has 0 atom stereocenters. The molecule has 3 N–H and O–H groups in total. The molecule has 0 radical (unpaired) electrons. The number of rotatable bonds is 5. The quantitative estimate of drug-likeness (QED) is 0.425. The summed E-state index contributed by atoms with van der Waals surface area (Å²) in [5.74, 6) is -3.94. The Balaban J connectivity index is 0.00000326. The fourth-order valence-electron chi connectivity index (χ4n) is 1.88. The molecule has 0 aliphatic rings. The van der Waals surface area contributed by atoms with Crippen LogP contribution < -0.4 is 11.1 Å². The van der Waals surface area contributed by atoms with E-state index in [1.165, 1.54) is 33.8 Å². The Morgan fingerprint density at radius 3 is 2.33 bits per heavy atom. The van der Waals surface area contributed by atoms with Gasteiger partial charge in [-0.25, -0.2) is 13.2 Å². The van der Waals surface area contributed by atoms with Gasteiger partial charge in [0.25, 0.3) is 5.91 Å². The molecule has 27 heavy (non-hydrogen) atoms. The van der Waals surface area contributed by atoms with Crippen molar-refractivity contribution in [2.24, 2.45) is 5.73 Å². The summed E-state index contributed by atoms with van der Waals surface area (Å²) < 4.78 is 41.9. The fourth-order valence-corrected chi connectivity index (χ4v) is 1.88. The summed E-state index contributed by atoms with van der Waals surface area (Å²) >= 11 is 0.